The van der Waals surface area contributed by atoms with Crippen LogP contribution in [0.1, 0.15) is 16.7 Å². The molecule has 0 bridgehead atoms. The van der Waals surface area contributed by atoms with Crippen LogP contribution in [0.15, 0.2) is 66.2 Å². The average molecular weight is 297 g/mol. The Balaban J connectivity index is 2.24. The zero-order valence-electron chi connectivity index (χ0n) is 11.2. The molecule has 3 heteroatoms. The lowest BCUT2D eigenvalue weighted by molar-refractivity contribution is 0.631. The molecular formula is C17H15NS2. The van der Waals surface area contributed by atoms with E-state index in [1.54, 1.807) is 11.8 Å². The third-order valence-corrected chi connectivity index (χ3v) is 4.90. The highest BCUT2D eigenvalue weighted by atomic mass is 32.2. The van der Waals surface area contributed by atoms with Crippen LogP contribution in [-0.2, 0) is 5.54 Å². The Labute approximate surface area is 129 Å². The van der Waals surface area contributed by atoms with Gasteiger partial charge in [0.2, 0.25) is 0 Å². The Morgan fingerprint density at radius 3 is 2.35 bits per heavy atom. The van der Waals surface area contributed by atoms with E-state index in [0.717, 1.165) is 14.8 Å². The number of benzene rings is 2. The number of nitrogens with one attached hydrogen (secondary N) is 1. The first-order chi connectivity index (χ1) is 9.63. The maximum absolute atomic E-state index is 5.68. The molecule has 1 fully saturated rings. The average Bonchev–Trinajstić information content (AvgIpc) is 2.75. The van der Waals surface area contributed by atoms with Crippen molar-refractivity contribution in [2.24, 2.45) is 0 Å². The normalized spacial score (nSPS) is 21.9. The second-order valence-electron chi connectivity index (χ2n) is 4.92. The molecule has 1 saturated heterocycles. The highest BCUT2D eigenvalue weighted by Crippen LogP contribution is 2.44. The maximum atomic E-state index is 5.68. The molecule has 0 amide bonds. The summed E-state index contributed by atoms with van der Waals surface area (Å²) in [7, 11) is 0. The summed E-state index contributed by atoms with van der Waals surface area (Å²) in [5.41, 5.74) is 3.09. The lowest BCUT2D eigenvalue weighted by Crippen LogP contribution is -2.42. The Morgan fingerprint density at radius 1 is 1.05 bits per heavy atom. The molecule has 0 aromatic heterocycles. The predicted octanol–water partition coefficient (Wildman–Crippen LogP) is 4.37. The standard InChI is InChI=1S/C17H15NS2/c1-12-7-6-10-15(11-12)17(14-8-4-3-5-9-14)16(19)20-13(2)18-17/h3-11,18H,2H2,1H3. The first-order valence-electron chi connectivity index (χ1n) is 6.45. The Bertz CT molecular complexity index is 678. The number of rotatable bonds is 2. The molecule has 3 rings (SSSR count). The van der Waals surface area contributed by atoms with Crippen LogP contribution in [0.5, 0.6) is 0 Å². The minimum absolute atomic E-state index is 0.454. The fraction of sp³-hybridized carbons (Fsp3) is 0.118. The van der Waals surface area contributed by atoms with Gasteiger partial charge in [-0.1, -0.05) is 90.7 Å². The van der Waals surface area contributed by atoms with Crippen LogP contribution < -0.4 is 5.32 Å². The van der Waals surface area contributed by atoms with Crippen LogP contribution in [0.25, 0.3) is 0 Å². The van der Waals surface area contributed by atoms with E-state index in [9.17, 15) is 0 Å². The van der Waals surface area contributed by atoms with Crippen LogP contribution in [0, 0.1) is 6.92 Å². The molecule has 2 aromatic rings. The van der Waals surface area contributed by atoms with E-state index in [1.165, 1.54) is 11.1 Å². The molecule has 1 heterocycles. The fourth-order valence-electron chi connectivity index (χ4n) is 2.59. The van der Waals surface area contributed by atoms with E-state index >= 15 is 0 Å². The molecule has 0 aliphatic carbocycles. The minimum Gasteiger partial charge on any atom is -0.362 e. The summed E-state index contributed by atoms with van der Waals surface area (Å²) in [6.45, 7) is 6.14. The summed E-state index contributed by atoms with van der Waals surface area (Å²) in [4.78, 5) is 0. The van der Waals surface area contributed by atoms with Gasteiger partial charge in [-0.05, 0) is 18.1 Å². The number of hydrogen-bond acceptors (Lipinski definition) is 3. The number of thioether (sulfide) groups is 1. The van der Waals surface area contributed by atoms with Crippen molar-refractivity contribution in [2.75, 3.05) is 0 Å². The van der Waals surface area contributed by atoms with Gasteiger partial charge in [0.15, 0.2) is 0 Å². The number of thiocarbonyl (C=S) groups is 1. The van der Waals surface area contributed by atoms with Crippen molar-refractivity contribution in [3.05, 3.63) is 82.9 Å². The van der Waals surface area contributed by atoms with Crippen LogP contribution >= 0.6 is 24.0 Å². The summed E-state index contributed by atoms with van der Waals surface area (Å²) < 4.78 is 0.902. The summed E-state index contributed by atoms with van der Waals surface area (Å²) in [6.07, 6.45) is 0. The zero-order valence-corrected chi connectivity index (χ0v) is 12.9. The van der Waals surface area contributed by atoms with Crippen LogP contribution in [0.4, 0.5) is 0 Å². The zero-order chi connectivity index (χ0) is 14.2. The summed E-state index contributed by atoms with van der Waals surface area (Å²) in [5.74, 6) is 0. The van der Waals surface area contributed by atoms with Crippen molar-refractivity contribution in [3.63, 3.8) is 0 Å². The van der Waals surface area contributed by atoms with Gasteiger partial charge in [0, 0.05) is 0 Å². The van der Waals surface area contributed by atoms with E-state index in [-0.39, 0.29) is 0 Å². The van der Waals surface area contributed by atoms with E-state index in [1.807, 2.05) is 18.2 Å². The third kappa shape index (κ3) is 2.07. The third-order valence-electron chi connectivity index (χ3n) is 3.51. The minimum atomic E-state index is -0.454. The molecule has 0 saturated carbocycles. The SMILES string of the molecule is C=C1NC(c2ccccc2)(c2cccc(C)c2)C(=S)S1. The topological polar surface area (TPSA) is 12.0 Å². The van der Waals surface area contributed by atoms with Crippen molar-refractivity contribution in [1.82, 2.24) is 5.32 Å². The van der Waals surface area contributed by atoms with E-state index in [2.05, 4.69) is 55.2 Å². The molecule has 1 unspecified atom stereocenters. The van der Waals surface area contributed by atoms with Crippen molar-refractivity contribution < 1.29 is 0 Å². The van der Waals surface area contributed by atoms with E-state index in [0.29, 0.717) is 0 Å². The van der Waals surface area contributed by atoms with Gasteiger partial charge in [-0.3, -0.25) is 0 Å². The molecule has 20 heavy (non-hydrogen) atoms. The van der Waals surface area contributed by atoms with Crippen molar-refractivity contribution in [3.8, 4) is 0 Å². The largest absolute Gasteiger partial charge is 0.362 e. The lowest BCUT2D eigenvalue weighted by Gasteiger charge is -2.31. The molecule has 1 atom stereocenters. The molecule has 1 aliphatic rings. The second kappa shape index (κ2) is 5.08. The maximum Gasteiger partial charge on any atom is 0.131 e. The molecule has 2 aromatic carbocycles. The van der Waals surface area contributed by atoms with Crippen LogP contribution in [0.2, 0.25) is 0 Å². The smallest absolute Gasteiger partial charge is 0.131 e. The number of aryl methyl sites for hydroxylation is 1. The number of hydrogen-bond donors (Lipinski definition) is 1. The van der Waals surface area contributed by atoms with E-state index in [4.69, 9.17) is 12.2 Å². The Morgan fingerprint density at radius 2 is 1.75 bits per heavy atom. The van der Waals surface area contributed by atoms with Gasteiger partial charge in [-0.15, -0.1) is 0 Å². The van der Waals surface area contributed by atoms with E-state index < -0.39 is 5.54 Å². The highest BCUT2D eigenvalue weighted by Gasteiger charge is 2.44. The van der Waals surface area contributed by atoms with Gasteiger partial charge in [0.25, 0.3) is 0 Å². The Hall–Kier alpha value is -1.58. The van der Waals surface area contributed by atoms with Gasteiger partial charge in [-0.2, -0.15) is 0 Å². The molecule has 1 N–H and O–H groups in total. The summed E-state index contributed by atoms with van der Waals surface area (Å²) in [6, 6.07) is 18.8. The van der Waals surface area contributed by atoms with Crippen LogP contribution in [-0.4, -0.2) is 4.20 Å². The molecule has 0 spiro atoms. The first-order valence-corrected chi connectivity index (χ1v) is 7.67. The van der Waals surface area contributed by atoms with Gasteiger partial charge < -0.3 is 5.32 Å². The lowest BCUT2D eigenvalue weighted by atomic mass is 9.84. The molecule has 1 nitrogen and oxygen atoms in total. The van der Waals surface area contributed by atoms with Crippen molar-refractivity contribution in [1.29, 1.82) is 0 Å². The second-order valence-corrected chi connectivity index (χ2v) is 6.70. The first kappa shape index (κ1) is 13.4. The fourth-order valence-corrected chi connectivity index (χ4v) is 4.04. The molecular weight excluding hydrogens is 282 g/mol. The summed E-state index contributed by atoms with van der Waals surface area (Å²) in [5, 5.41) is 4.41. The predicted molar refractivity (Wildman–Crippen MR) is 90.9 cm³/mol. The molecule has 100 valence electrons. The monoisotopic (exact) mass is 297 g/mol. The van der Waals surface area contributed by atoms with Crippen molar-refractivity contribution >= 4 is 28.2 Å². The summed E-state index contributed by atoms with van der Waals surface area (Å²) >= 11 is 7.23. The quantitative estimate of drug-likeness (QED) is 0.827. The molecule has 1 aliphatic heterocycles. The molecule has 0 radical (unpaired) electrons. The van der Waals surface area contributed by atoms with Crippen molar-refractivity contribution in [2.45, 2.75) is 12.5 Å². The van der Waals surface area contributed by atoms with Gasteiger partial charge >= 0.3 is 0 Å². The highest BCUT2D eigenvalue weighted by molar-refractivity contribution is 8.26. The van der Waals surface area contributed by atoms with Gasteiger partial charge in [0.05, 0.1) is 9.23 Å². The van der Waals surface area contributed by atoms with Gasteiger partial charge in [0.1, 0.15) is 5.54 Å². The van der Waals surface area contributed by atoms with Crippen LogP contribution in [0.3, 0.4) is 0 Å². The van der Waals surface area contributed by atoms with Gasteiger partial charge in [-0.25, -0.2) is 0 Å². The Kier molecular flexibility index (Phi) is 3.40.